The fourth-order valence-electron chi connectivity index (χ4n) is 3.96. The summed E-state index contributed by atoms with van der Waals surface area (Å²) in [6.07, 6.45) is 4.86. The number of anilines is 1. The van der Waals surface area contributed by atoms with E-state index in [1.54, 1.807) is 28.9 Å². The highest BCUT2D eigenvalue weighted by Crippen LogP contribution is 2.43. The lowest BCUT2D eigenvalue weighted by molar-refractivity contribution is 0.523. The molecule has 1 atom stereocenters. The van der Waals surface area contributed by atoms with Gasteiger partial charge in [0.05, 0.1) is 0 Å². The van der Waals surface area contributed by atoms with Crippen LogP contribution in [-0.4, -0.2) is 20.2 Å². The minimum atomic E-state index is -0.274. The fourth-order valence-corrected chi connectivity index (χ4v) is 3.96. The van der Waals surface area contributed by atoms with E-state index in [0.29, 0.717) is 5.95 Å². The van der Waals surface area contributed by atoms with Gasteiger partial charge in [0.2, 0.25) is 5.95 Å². The van der Waals surface area contributed by atoms with Crippen LogP contribution >= 0.6 is 0 Å². The topological polar surface area (TPSA) is 55.6 Å². The summed E-state index contributed by atoms with van der Waals surface area (Å²) in [5, 5.41) is 15.4. The van der Waals surface area contributed by atoms with Gasteiger partial charge in [0, 0.05) is 5.70 Å². The maximum Gasteiger partial charge on any atom is 0.248 e. The number of nitrogens with one attached hydrogen (secondary N) is 1. The second-order valence-corrected chi connectivity index (χ2v) is 7.00. The van der Waals surface area contributed by atoms with Crippen LogP contribution in [0.5, 0.6) is 0 Å². The van der Waals surface area contributed by atoms with Crippen molar-refractivity contribution in [1.82, 2.24) is 20.2 Å². The molecule has 1 aliphatic heterocycles. The van der Waals surface area contributed by atoms with Crippen LogP contribution in [0.15, 0.2) is 65.4 Å². The van der Waals surface area contributed by atoms with Gasteiger partial charge in [0.25, 0.3) is 0 Å². The average molecular weight is 377 g/mol. The summed E-state index contributed by atoms with van der Waals surface area (Å²) in [4.78, 5) is 0. The predicted octanol–water partition coefficient (Wildman–Crippen LogP) is 4.49. The highest BCUT2D eigenvalue weighted by Gasteiger charge is 2.34. The van der Waals surface area contributed by atoms with E-state index in [1.807, 2.05) is 0 Å². The summed E-state index contributed by atoms with van der Waals surface area (Å²) in [6, 6.07) is 12.7. The molecule has 2 aromatic carbocycles. The number of benzene rings is 2. The number of hydrogen-bond donors (Lipinski definition) is 1. The van der Waals surface area contributed by atoms with Crippen LogP contribution in [0.4, 0.5) is 14.7 Å². The van der Waals surface area contributed by atoms with Crippen molar-refractivity contribution in [2.45, 2.75) is 25.3 Å². The lowest BCUT2D eigenvalue weighted by Gasteiger charge is -2.34. The molecule has 7 heteroatoms. The Kier molecular flexibility index (Phi) is 4.00. The van der Waals surface area contributed by atoms with E-state index in [0.717, 1.165) is 41.7 Å². The van der Waals surface area contributed by atoms with Crippen molar-refractivity contribution in [3.63, 3.8) is 0 Å². The van der Waals surface area contributed by atoms with Crippen LogP contribution < -0.4 is 5.32 Å². The summed E-state index contributed by atoms with van der Waals surface area (Å²) in [7, 11) is 0. The first-order valence-corrected chi connectivity index (χ1v) is 9.19. The van der Waals surface area contributed by atoms with E-state index in [4.69, 9.17) is 0 Å². The molecule has 2 aliphatic rings. The summed E-state index contributed by atoms with van der Waals surface area (Å²) in [5.41, 5.74) is 5.19. The molecule has 0 amide bonds. The molecule has 1 aromatic heterocycles. The van der Waals surface area contributed by atoms with Crippen molar-refractivity contribution in [2.24, 2.45) is 0 Å². The molecule has 0 bridgehead atoms. The third kappa shape index (κ3) is 2.89. The third-order valence-electron chi connectivity index (χ3n) is 5.24. The van der Waals surface area contributed by atoms with E-state index in [2.05, 4.69) is 26.9 Å². The standard InChI is InChI=1S/C21H17F2N5/c22-16-8-4-13(5-9-16)12-15-2-1-3-18-19(15)24-21-25-26-27-28(21)20(18)14-6-10-17(23)11-7-14/h4-12,20H,1-3H2,(H,24,25,27). The predicted molar refractivity (Wildman–Crippen MR) is 101 cm³/mol. The number of nitrogens with zero attached hydrogens (tertiary/aromatic N) is 4. The molecule has 28 heavy (non-hydrogen) atoms. The van der Waals surface area contributed by atoms with Crippen molar-refractivity contribution in [3.05, 3.63) is 88.1 Å². The number of halogens is 2. The first-order chi connectivity index (χ1) is 13.7. The van der Waals surface area contributed by atoms with Crippen LogP contribution in [0.25, 0.3) is 6.08 Å². The SMILES string of the molecule is Fc1ccc(C=C2CCCC3=C2Nc2nnnn2C3c2ccc(F)cc2)cc1. The van der Waals surface area contributed by atoms with Crippen molar-refractivity contribution >= 4 is 12.0 Å². The van der Waals surface area contributed by atoms with Gasteiger partial charge >= 0.3 is 0 Å². The van der Waals surface area contributed by atoms with Crippen molar-refractivity contribution in [3.8, 4) is 0 Å². The fraction of sp³-hybridized carbons (Fsp3) is 0.190. The minimum absolute atomic E-state index is 0.182. The Hall–Kier alpha value is -3.35. The largest absolute Gasteiger partial charge is 0.323 e. The molecule has 0 saturated heterocycles. The number of hydrogen-bond acceptors (Lipinski definition) is 4. The zero-order valence-electron chi connectivity index (χ0n) is 14.9. The Morgan fingerprint density at radius 1 is 0.964 bits per heavy atom. The second-order valence-electron chi connectivity index (χ2n) is 7.00. The zero-order chi connectivity index (χ0) is 19.1. The van der Waals surface area contributed by atoms with Gasteiger partial charge in [-0.2, -0.15) is 4.68 Å². The van der Waals surface area contributed by atoms with E-state index < -0.39 is 0 Å². The van der Waals surface area contributed by atoms with Crippen LogP contribution in [0.3, 0.4) is 0 Å². The van der Waals surface area contributed by atoms with Gasteiger partial charge in [-0.3, -0.25) is 0 Å². The van der Waals surface area contributed by atoms with E-state index in [-0.39, 0.29) is 17.7 Å². The average Bonchev–Trinajstić information content (AvgIpc) is 3.17. The van der Waals surface area contributed by atoms with Gasteiger partial charge in [-0.25, -0.2) is 8.78 Å². The summed E-state index contributed by atoms with van der Waals surface area (Å²) in [6.45, 7) is 0. The molecule has 2 heterocycles. The van der Waals surface area contributed by atoms with Gasteiger partial charge in [-0.15, -0.1) is 0 Å². The molecule has 1 unspecified atom stereocenters. The highest BCUT2D eigenvalue weighted by atomic mass is 19.1. The number of fused-ring (bicyclic) bond motifs is 1. The maximum absolute atomic E-state index is 13.4. The molecule has 1 N–H and O–H groups in total. The molecular weight excluding hydrogens is 360 g/mol. The normalized spacial score (nSPS) is 19.9. The molecule has 5 rings (SSSR count). The van der Waals surface area contributed by atoms with E-state index >= 15 is 0 Å². The molecule has 0 saturated carbocycles. The summed E-state index contributed by atoms with van der Waals surface area (Å²) < 4.78 is 28.4. The molecule has 0 spiro atoms. The smallest absolute Gasteiger partial charge is 0.248 e. The molecule has 1 aliphatic carbocycles. The Bertz CT molecular complexity index is 1080. The highest BCUT2D eigenvalue weighted by molar-refractivity contribution is 5.65. The van der Waals surface area contributed by atoms with Gasteiger partial charge < -0.3 is 5.32 Å². The lowest BCUT2D eigenvalue weighted by Crippen LogP contribution is -2.28. The van der Waals surface area contributed by atoms with Crippen molar-refractivity contribution in [2.75, 3.05) is 5.32 Å². The first kappa shape index (κ1) is 16.8. The van der Waals surface area contributed by atoms with Crippen molar-refractivity contribution < 1.29 is 8.78 Å². The second kappa shape index (κ2) is 6.67. The number of rotatable bonds is 2. The number of allylic oxidation sites excluding steroid dienone is 2. The Labute approximate surface area is 160 Å². The van der Waals surface area contributed by atoms with E-state index in [9.17, 15) is 8.78 Å². The lowest BCUT2D eigenvalue weighted by atomic mass is 9.83. The quantitative estimate of drug-likeness (QED) is 0.715. The Morgan fingerprint density at radius 3 is 2.43 bits per heavy atom. The number of aromatic nitrogens is 4. The molecule has 140 valence electrons. The molecule has 5 nitrogen and oxygen atoms in total. The van der Waals surface area contributed by atoms with Gasteiger partial charge in [0.15, 0.2) is 0 Å². The molecule has 0 radical (unpaired) electrons. The maximum atomic E-state index is 13.4. The summed E-state index contributed by atoms with van der Waals surface area (Å²) >= 11 is 0. The van der Waals surface area contributed by atoms with Crippen LogP contribution in [0, 0.1) is 11.6 Å². The Morgan fingerprint density at radius 2 is 1.68 bits per heavy atom. The zero-order valence-corrected chi connectivity index (χ0v) is 14.9. The first-order valence-electron chi connectivity index (χ1n) is 9.19. The van der Waals surface area contributed by atoms with E-state index in [1.165, 1.54) is 29.8 Å². The third-order valence-corrected chi connectivity index (χ3v) is 5.24. The molecule has 0 fully saturated rings. The van der Waals surface area contributed by atoms with Crippen LogP contribution in [-0.2, 0) is 0 Å². The van der Waals surface area contributed by atoms with Gasteiger partial charge in [-0.1, -0.05) is 29.4 Å². The number of tetrazole rings is 1. The molecular formula is C21H17F2N5. The minimum Gasteiger partial charge on any atom is -0.323 e. The van der Waals surface area contributed by atoms with Gasteiger partial charge in [-0.05, 0) is 82.3 Å². The monoisotopic (exact) mass is 377 g/mol. The van der Waals surface area contributed by atoms with Gasteiger partial charge in [0.1, 0.15) is 17.7 Å². The van der Waals surface area contributed by atoms with Crippen LogP contribution in [0.1, 0.15) is 36.4 Å². The molecule has 3 aromatic rings. The Balaban J connectivity index is 1.63. The van der Waals surface area contributed by atoms with Crippen LogP contribution in [0.2, 0.25) is 0 Å². The summed E-state index contributed by atoms with van der Waals surface area (Å²) in [5.74, 6) is 0.0291. The van der Waals surface area contributed by atoms with Crippen molar-refractivity contribution in [1.29, 1.82) is 0 Å².